The van der Waals surface area contributed by atoms with Gasteiger partial charge in [0, 0.05) is 39.3 Å². The second-order valence-electron chi connectivity index (χ2n) is 6.87. The lowest BCUT2D eigenvalue weighted by Gasteiger charge is -2.27. The second-order valence-corrected chi connectivity index (χ2v) is 6.87. The average Bonchev–Trinajstić information content (AvgIpc) is 2.58. The Morgan fingerprint density at radius 2 is 1.48 bits per heavy atom. The van der Waals surface area contributed by atoms with Crippen molar-refractivity contribution in [3.63, 3.8) is 0 Å². The summed E-state index contributed by atoms with van der Waals surface area (Å²) >= 11 is 0. The Kier molecular flexibility index (Phi) is 14.0. The Labute approximate surface area is 144 Å². The molecule has 0 amide bonds. The predicted molar refractivity (Wildman–Crippen MR) is 99.1 cm³/mol. The molecule has 0 spiro atoms. The van der Waals surface area contributed by atoms with Crippen molar-refractivity contribution in [2.75, 3.05) is 54.4 Å². The molecule has 0 radical (unpaired) electrons. The van der Waals surface area contributed by atoms with Gasteiger partial charge in [0.25, 0.3) is 0 Å². The highest BCUT2D eigenvalue weighted by atomic mass is 16.5. The zero-order valence-electron chi connectivity index (χ0n) is 16.3. The number of hydrogen-bond donors (Lipinski definition) is 2. The molecule has 5 nitrogen and oxygen atoms in total. The van der Waals surface area contributed by atoms with Gasteiger partial charge in [0.05, 0.1) is 12.2 Å². The van der Waals surface area contributed by atoms with Crippen molar-refractivity contribution in [1.29, 1.82) is 0 Å². The number of ether oxygens (including phenoxy) is 1. The second kappa shape index (κ2) is 14.2. The van der Waals surface area contributed by atoms with Crippen molar-refractivity contribution in [3.8, 4) is 0 Å². The van der Waals surface area contributed by atoms with Gasteiger partial charge in [-0.15, -0.1) is 0 Å². The van der Waals surface area contributed by atoms with Gasteiger partial charge in [-0.3, -0.25) is 0 Å². The van der Waals surface area contributed by atoms with Crippen molar-refractivity contribution < 1.29 is 9.84 Å². The number of piperidine rings is 2. The highest BCUT2D eigenvalue weighted by Crippen LogP contribution is 2.10. The molecule has 2 aliphatic rings. The Morgan fingerprint density at radius 3 is 1.74 bits per heavy atom. The van der Waals surface area contributed by atoms with E-state index in [1.165, 1.54) is 32.4 Å². The standard InChI is InChI=1S/C7H15NO.C6H13NO.C5H13N/c1-8-5-3-7(9-2)4-6-8;1-7-4-2-6(8)3-5-7;1-4-5(2)6-3/h7H,3-6H2,1-2H3;6,8H,2-5H2,1H3;5-6H,4H2,1-3H3/t;;5-/m..0/s1. The van der Waals surface area contributed by atoms with Gasteiger partial charge in [-0.25, -0.2) is 0 Å². The summed E-state index contributed by atoms with van der Waals surface area (Å²) in [5.74, 6) is 0. The van der Waals surface area contributed by atoms with E-state index in [-0.39, 0.29) is 6.10 Å². The van der Waals surface area contributed by atoms with E-state index in [9.17, 15) is 0 Å². The van der Waals surface area contributed by atoms with Gasteiger partial charge >= 0.3 is 0 Å². The van der Waals surface area contributed by atoms with Gasteiger partial charge in [0.1, 0.15) is 0 Å². The summed E-state index contributed by atoms with van der Waals surface area (Å²) in [6, 6.07) is 0.685. The molecule has 0 aliphatic carbocycles. The number of likely N-dealkylation sites (tertiary alicyclic amines) is 2. The lowest BCUT2D eigenvalue weighted by molar-refractivity contribution is 0.0484. The molecule has 0 aromatic carbocycles. The molecule has 1 atom stereocenters. The third-order valence-corrected chi connectivity index (χ3v) is 4.79. The Morgan fingerprint density at radius 1 is 1.04 bits per heavy atom. The first kappa shape index (κ1) is 22.8. The van der Waals surface area contributed by atoms with Crippen LogP contribution < -0.4 is 5.32 Å². The normalized spacial score (nSPS) is 22.6. The van der Waals surface area contributed by atoms with Crippen LogP contribution in [-0.2, 0) is 4.74 Å². The molecule has 0 saturated carbocycles. The molecule has 0 unspecified atom stereocenters. The SMILES string of the molecule is CC[C@H](C)NC.CN1CCC(O)CC1.COC1CCN(C)CC1. The maximum Gasteiger partial charge on any atom is 0.0595 e. The molecule has 23 heavy (non-hydrogen) atoms. The van der Waals surface area contributed by atoms with Crippen LogP contribution in [0.2, 0.25) is 0 Å². The Hall–Kier alpha value is -0.200. The number of rotatable bonds is 3. The quantitative estimate of drug-likeness (QED) is 0.826. The van der Waals surface area contributed by atoms with Crippen LogP contribution in [0.4, 0.5) is 0 Å². The van der Waals surface area contributed by atoms with Gasteiger partial charge in [-0.2, -0.15) is 0 Å². The number of aliphatic hydroxyl groups excluding tert-OH is 1. The summed E-state index contributed by atoms with van der Waals surface area (Å²) in [4.78, 5) is 4.59. The van der Waals surface area contributed by atoms with Crippen molar-refractivity contribution in [1.82, 2.24) is 15.1 Å². The fourth-order valence-corrected chi connectivity index (χ4v) is 2.42. The molecule has 5 heteroatoms. The fraction of sp³-hybridized carbons (Fsp3) is 1.00. The zero-order chi connectivity index (χ0) is 17.7. The molecular weight excluding hydrogens is 290 g/mol. The van der Waals surface area contributed by atoms with Gasteiger partial charge in [0.2, 0.25) is 0 Å². The summed E-state index contributed by atoms with van der Waals surface area (Å²) in [7, 11) is 8.03. The molecule has 140 valence electrons. The third kappa shape index (κ3) is 12.8. The maximum atomic E-state index is 9.00. The lowest BCUT2D eigenvalue weighted by Crippen LogP contribution is -2.33. The van der Waals surface area contributed by atoms with Gasteiger partial charge in [0.15, 0.2) is 0 Å². The monoisotopic (exact) mass is 331 g/mol. The van der Waals surface area contributed by atoms with Crippen LogP contribution in [0, 0.1) is 0 Å². The minimum Gasteiger partial charge on any atom is -0.393 e. The van der Waals surface area contributed by atoms with Gasteiger partial charge < -0.3 is 25.0 Å². The van der Waals surface area contributed by atoms with E-state index in [0.717, 1.165) is 25.9 Å². The number of aliphatic hydroxyl groups is 1. The number of hydrogen-bond acceptors (Lipinski definition) is 5. The molecule has 2 fully saturated rings. The summed E-state index contributed by atoms with van der Waals surface area (Å²) < 4.78 is 5.21. The Bertz CT molecular complexity index is 237. The van der Waals surface area contributed by atoms with Crippen molar-refractivity contribution in [2.24, 2.45) is 0 Å². The van der Waals surface area contributed by atoms with E-state index in [2.05, 4.69) is 43.1 Å². The first-order valence-electron chi connectivity index (χ1n) is 9.18. The van der Waals surface area contributed by atoms with Crippen molar-refractivity contribution >= 4 is 0 Å². The van der Waals surface area contributed by atoms with Crippen LogP contribution >= 0.6 is 0 Å². The van der Waals surface area contributed by atoms with E-state index < -0.39 is 0 Å². The smallest absolute Gasteiger partial charge is 0.0595 e. The van der Waals surface area contributed by atoms with Crippen LogP contribution in [0.1, 0.15) is 46.0 Å². The molecule has 2 N–H and O–H groups in total. The Balaban J connectivity index is 0.000000323. The van der Waals surface area contributed by atoms with E-state index >= 15 is 0 Å². The van der Waals surface area contributed by atoms with Crippen LogP contribution in [0.3, 0.4) is 0 Å². The summed E-state index contributed by atoms with van der Waals surface area (Å²) in [5.41, 5.74) is 0. The summed E-state index contributed by atoms with van der Waals surface area (Å²) in [5, 5.41) is 12.1. The zero-order valence-corrected chi connectivity index (χ0v) is 16.3. The predicted octanol–water partition coefficient (Wildman–Crippen LogP) is 1.80. The molecule has 2 aliphatic heterocycles. The molecule has 2 heterocycles. The molecule has 0 aromatic rings. The van der Waals surface area contributed by atoms with Gasteiger partial charge in [-0.1, -0.05) is 6.92 Å². The van der Waals surface area contributed by atoms with E-state index in [1.807, 2.05) is 7.05 Å². The number of nitrogens with zero attached hydrogens (tertiary/aromatic N) is 2. The highest BCUT2D eigenvalue weighted by Gasteiger charge is 2.14. The lowest BCUT2D eigenvalue weighted by atomic mass is 10.1. The molecule has 2 saturated heterocycles. The topological polar surface area (TPSA) is 48.0 Å². The molecule has 2 rings (SSSR count). The highest BCUT2D eigenvalue weighted by molar-refractivity contribution is 4.69. The first-order valence-corrected chi connectivity index (χ1v) is 9.18. The van der Waals surface area contributed by atoms with E-state index in [1.54, 1.807) is 7.11 Å². The van der Waals surface area contributed by atoms with Crippen molar-refractivity contribution in [2.45, 2.75) is 64.2 Å². The fourth-order valence-electron chi connectivity index (χ4n) is 2.42. The number of methoxy groups -OCH3 is 1. The number of nitrogens with one attached hydrogen (secondary N) is 1. The van der Waals surface area contributed by atoms with Crippen LogP contribution in [0.25, 0.3) is 0 Å². The van der Waals surface area contributed by atoms with E-state index in [4.69, 9.17) is 9.84 Å². The van der Waals surface area contributed by atoms with Crippen LogP contribution in [0.5, 0.6) is 0 Å². The minimum atomic E-state index is -0.0220. The van der Waals surface area contributed by atoms with Crippen LogP contribution in [0.15, 0.2) is 0 Å². The third-order valence-electron chi connectivity index (χ3n) is 4.79. The van der Waals surface area contributed by atoms with E-state index in [0.29, 0.717) is 12.1 Å². The minimum absolute atomic E-state index is 0.0220. The molecule has 0 bridgehead atoms. The molecule has 0 aromatic heterocycles. The average molecular weight is 332 g/mol. The first-order chi connectivity index (χ1) is 10.9. The van der Waals surface area contributed by atoms with Crippen molar-refractivity contribution in [3.05, 3.63) is 0 Å². The molecular formula is C18H41N3O2. The van der Waals surface area contributed by atoms with Gasteiger partial charge in [-0.05, 0) is 60.2 Å². The van der Waals surface area contributed by atoms with Crippen LogP contribution in [-0.4, -0.2) is 87.6 Å². The maximum absolute atomic E-state index is 9.00. The summed E-state index contributed by atoms with van der Waals surface area (Å²) in [6.45, 7) is 8.83. The largest absolute Gasteiger partial charge is 0.393 e. The summed E-state index contributed by atoms with van der Waals surface area (Å²) in [6.07, 6.45) is 6.04.